The van der Waals surface area contributed by atoms with Crippen molar-refractivity contribution in [2.24, 2.45) is 0 Å². The number of alkyl halides is 1. The fourth-order valence-corrected chi connectivity index (χ4v) is 2.36. The molecule has 1 atom stereocenters. The van der Waals surface area contributed by atoms with Crippen LogP contribution < -0.4 is 0 Å². The van der Waals surface area contributed by atoms with Crippen LogP contribution in [0.25, 0.3) is 0 Å². The summed E-state index contributed by atoms with van der Waals surface area (Å²) < 4.78 is 1.17. The van der Waals surface area contributed by atoms with Gasteiger partial charge in [-0.15, -0.1) is 0 Å². The molecule has 0 spiro atoms. The van der Waals surface area contributed by atoms with Crippen molar-refractivity contribution >= 4 is 35.2 Å². The molecule has 1 unspecified atom stereocenters. The van der Waals surface area contributed by atoms with E-state index >= 15 is 0 Å². The molecule has 0 nitrogen and oxygen atoms in total. The second-order valence-electron chi connectivity index (χ2n) is 2.40. The van der Waals surface area contributed by atoms with E-state index in [0.29, 0.717) is 5.25 Å². The quantitative estimate of drug-likeness (QED) is 0.488. The van der Waals surface area contributed by atoms with Gasteiger partial charge in [-0.2, -0.15) is 12.6 Å². The smallest absolute Gasteiger partial charge is 0.0274 e. The molecule has 0 saturated carbocycles. The number of thiol groups is 1. The Kier molecular flexibility index (Phi) is 4.30. The van der Waals surface area contributed by atoms with E-state index < -0.39 is 0 Å². The molecule has 0 bridgehead atoms. The zero-order chi connectivity index (χ0) is 8.10. The molecule has 0 saturated heterocycles. The van der Waals surface area contributed by atoms with Gasteiger partial charge in [-0.3, -0.25) is 0 Å². The molecule has 0 aliphatic rings. The Balaban J connectivity index is 2.61. The van der Waals surface area contributed by atoms with E-state index in [0.717, 1.165) is 6.42 Å². The van der Waals surface area contributed by atoms with Gasteiger partial charge in [0, 0.05) is 9.68 Å². The molecule has 11 heavy (non-hydrogen) atoms. The Morgan fingerprint density at radius 3 is 2.45 bits per heavy atom. The van der Waals surface area contributed by atoms with Crippen LogP contribution in [0.3, 0.4) is 0 Å². The van der Waals surface area contributed by atoms with Crippen molar-refractivity contribution in [3.05, 3.63) is 35.9 Å². The lowest BCUT2D eigenvalue weighted by Crippen LogP contribution is -1.89. The first-order valence-electron chi connectivity index (χ1n) is 3.63. The minimum Gasteiger partial charge on any atom is -0.171 e. The normalized spacial score (nSPS) is 12.9. The average Bonchev–Trinajstić information content (AvgIpc) is 2.07. The lowest BCUT2D eigenvalue weighted by Gasteiger charge is -2.07. The molecule has 2 heteroatoms. The largest absolute Gasteiger partial charge is 0.171 e. The van der Waals surface area contributed by atoms with E-state index in [9.17, 15) is 0 Å². The number of rotatable bonds is 3. The van der Waals surface area contributed by atoms with E-state index in [1.54, 1.807) is 0 Å². The average molecular weight is 278 g/mol. The molecule has 1 rings (SSSR count). The Morgan fingerprint density at radius 1 is 1.27 bits per heavy atom. The molecule has 0 fully saturated rings. The summed E-state index contributed by atoms with van der Waals surface area (Å²) in [5, 5.41) is 0.410. The molecule has 0 aromatic heterocycles. The molecule has 0 N–H and O–H groups in total. The van der Waals surface area contributed by atoms with E-state index in [1.807, 2.05) is 6.07 Å². The highest BCUT2D eigenvalue weighted by Gasteiger charge is 2.02. The molecule has 0 radical (unpaired) electrons. The standard InChI is InChI=1S/C9H11IS/c10-7-6-9(11)8-4-2-1-3-5-8/h1-5,9,11H,6-7H2. The van der Waals surface area contributed by atoms with Crippen molar-refractivity contribution in [2.75, 3.05) is 4.43 Å². The van der Waals surface area contributed by atoms with Gasteiger partial charge in [0.15, 0.2) is 0 Å². The van der Waals surface area contributed by atoms with E-state index in [-0.39, 0.29) is 0 Å². The molecule has 0 aliphatic carbocycles. The van der Waals surface area contributed by atoms with E-state index in [2.05, 4.69) is 59.5 Å². The van der Waals surface area contributed by atoms with E-state index in [1.165, 1.54) is 9.99 Å². The molecule has 1 aromatic rings. The summed E-state index contributed by atoms with van der Waals surface area (Å²) in [5.74, 6) is 0. The molecular formula is C9H11IS. The monoisotopic (exact) mass is 278 g/mol. The summed E-state index contributed by atoms with van der Waals surface area (Å²) in [6, 6.07) is 10.4. The maximum atomic E-state index is 4.49. The summed E-state index contributed by atoms with van der Waals surface area (Å²) >= 11 is 6.88. The van der Waals surface area contributed by atoms with Crippen LogP contribution in [0.5, 0.6) is 0 Å². The van der Waals surface area contributed by atoms with Crippen LogP contribution in [0.4, 0.5) is 0 Å². The highest BCUT2D eigenvalue weighted by Crippen LogP contribution is 2.23. The first-order chi connectivity index (χ1) is 5.34. The van der Waals surface area contributed by atoms with Crippen LogP contribution in [-0.2, 0) is 0 Å². The van der Waals surface area contributed by atoms with Crippen LogP contribution in [0.1, 0.15) is 17.2 Å². The van der Waals surface area contributed by atoms with Gasteiger partial charge in [0.2, 0.25) is 0 Å². The zero-order valence-electron chi connectivity index (χ0n) is 6.20. The molecular weight excluding hydrogens is 267 g/mol. The van der Waals surface area contributed by atoms with Crippen molar-refractivity contribution in [1.29, 1.82) is 0 Å². The first-order valence-corrected chi connectivity index (χ1v) is 5.68. The lowest BCUT2D eigenvalue weighted by atomic mass is 10.1. The highest BCUT2D eigenvalue weighted by atomic mass is 127. The van der Waals surface area contributed by atoms with Crippen molar-refractivity contribution < 1.29 is 0 Å². The fraction of sp³-hybridized carbons (Fsp3) is 0.333. The van der Waals surface area contributed by atoms with Crippen molar-refractivity contribution in [2.45, 2.75) is 11.7 Å². The van der Waals surface area contributed by atoms with Gasteiger partial charge >= 0.3 is 0 Å². The molecule has 0 amide bonds. The third-order valence-electron chi connectivity index (χ3n) is 1.57. The predicted molar refractivity (Wildman–Crippen MR) is 61.7 cm³/mol. The van der Waals surface area contributed by atoms with E-state index in [4.69, 9.17) is 0 Å². The van der Waals surface area contributed by atoms with Gasteiger partial charge in [0.05, 0.1) is 0 Å². The van der Waals surface area contributed by atoms with Gasteiger partial charge in [-0.05, 0) is 12.0 Å². The van der Waals surface area contributed by atoms with Crippen LogP contribution >= 0.6 is 35.2 Å². The number of hydrogen-bond donors (Lipinski definition) is 1. The van der Waals surface area contributed by atoms with Crippen LogP contribution in [0.15, 0.2) is 30.3 Å². The van der Waals surface area contributed by atoms with Gasteiger partial charge in [-0.25, -0.2) is 0 Å². The summed E-state index contributed by atoms with van der Waals surface area (Å²) in [6.45, 7) is 0. The second-order valence-corrected chi connectivity index (χ2v) is 4.11. The SMILES string of the molecule is SC(CCI)c1ccccc1. The number of benzene rings is 1. The number of hydrogen-bond acceptors (Lipinski definition) is 1. The van der Waals surface area contributed by atoms with Crippen LogP contribution in [0, 0.1) is 0 Å². The predicted octanol–water partition coefficient (Wildman–Crippen LogP) is 3.48. The van der Waals surface area contributed by atoms with Crippen molar-refractivity contribution in [3.63, 3.8) is 0 Å². The molecule has 60 valence electrons. The molecule has 0 heterocycles. The van der Waals surface area contributed by atoms with Crippen molar-refractivity contribution in [3.8, 4) is 0 Å². The number of halogens is 1. The van der Waals surface area contributed by atoms with Gasteiger partial charge in [0.1, 0.15) is 0 Å². The summed E-state index contributed by atoms with van der Waals surface area (Å²) in [4.78, 5) is 0. The summed E-state index contributed by atoms with van der Waals surface area (Å²) in [6.07, 6.45) is 1.15. The fourth-order valence-electron chi connectivity index (χ4n) is 0.945. The lowest BCUT2D eigenvalue weighted by molar-refractivity contribution is 0.925. The van der Waals surface area contributed by atoms with Crippen molar-refractivity contribution in [1.82, 2.24) is 0 Å². The Morgan fingerprint density at radius 2 is 1.91 bits per heavy atom. The van der Waals surface area contributed by atoms with Gasteiger partial charge < -0.3 is 0 Å². The van der Waals surface area contributed by atoms with Gasteiger partial charge in [-0.1, -0.05) is 52.9 Å². The highest BCUT2D eigenvalue weighted by molar-refractivity contribution is 14.1. The zero-order valence-corrected chi connectivity index (χ0v) is 9.26. The Bertz CT molecular complexity index is 198. The maximum Gasteiger partial charge on any atom is 0.0274 e. The Hall–Kier alpha value is 0.300. The minimum absolute atomic E-state index is 0.410. The first kappa shape index (κ1) is 9.39. The molecule has 0 aliphatic heterocycles. The third-order valence-corrected chi connectivity index (χ3v) is 2.75. The minimum atomic E-state index is 0.410. The van der Waals surface area contributed by atoms with Crippen LogP contribution in [-0.4, -0.2) is 4.43 Å². The summed E-state index contributed by atoms with van der Waals surface area (Å²) in [7, 11) is 0. The summed E-state index contributed by atoms with van der Waals surface area (Å²) in [5.41, 5.74) is 1.33. The topological polar surface area (TPSA) is 0 Å². The second kappa shape index (κ2) is 5.04. The Labute approximate surface area is 86.9 Å². The van der Waals surface area contributed by atoms with Crippen LogP contribution in [0.2, 0.25) is 0 Å². The van der Waals surface area contributed by atoms with Gasteiger partial charge in [0.25, 0.3) is 0 Å². The third kappa shape index (κ3) is 3.03. The molecule has 1 aromatic carbocycles. The maximum absolute atomic E-state index is 4.49.